The second kappa shape index (κ2) is 9.09. The molecular weight excluding hydrogens is 448 g/mol. The lowest BCUT2D eigenvalue weighted by Gasteiger charge is -2.55. The van der Waals surface area contributed by atoms with Gasteiger partial charge in [0.05, 0.1) is 16.6 Å². The minimum absolute atomic E-state index is 0.0732. The fraction of sp³-hybridized carbons (Fsp3) is 0.679. The quantitative estimate of drug-likeness (QED) is 0.157. The van der Waals surface area contributed by atoms with Crippen LogP contribution >= 0.6 is 0 Å². The lowest BCUT2D eigenvalue weighted by molar-refractivity contribution is -0.350. The highest BCUT2D eigenvalue weighted by Crippen LogP contribution is 2.64. The lowest BCUT2D eigenvalue weighted by Crippen LogP contribution is -2.62. The summed E-state index contributed by atoms with van der Waals surface area (Å²) in [6, 6.07) is 0. The lowest BCUT2D eigenvalue weighted by atomic mass is 9.48. The first-order valence-corrected chi connectivity index (χ1v) is 12.4. The van der Waals surface area contributed by atoms with Gasteiger partial charge in [0.15, 0.2) is 17.3 Å². The van der Waals surface area contributed by atoms with E-state index >= 15 is 0 Å². The van der Waals surface area contributed by atoms with Gasteiger partial charge in [0.25, 0.3) is 0 Å². The third kappa shape index (κ3) is 4.25. The molecule has 0 aromatic heterocycles. The summed E-state index contributed by atoms with van der Waals surface area (Å²) in [6.07, 6.45) is 4.84. The Bertz CT molecular complexity index is 1000. The van der Waals surface area contributed by atoms with E-state index in [1.165, 1.54) is 6.92 Å². The van der Waals surface area contributed by atoms with Crippen LogP contribution in [0.2, 0.25) is 0 Å². The largest absolute Gasteiger partial charge is 0.510 e. The first kappa shape index (κ1) is 27.5. The summed E-state index contributed by atoms with van der Waals surface area (Å²) in [5.74, 6) is -3.03. The van der Waals surface area contributed by atoms with Crippen LogP contribution in [0.5, 0.6) is 0 Å². The summed E-state index contributed by atoms with van der Waals surface area (Å²) < 4.78 is 0. The molecule has 2 saturated carbocycles. The third-order valence-electron chi connectivity index (χ3n) is 8.75. The zero-order valence-corrected chi connectivity index (χ0v) is 22.0. The van der Waals surface area contributed by atoms with E-state index in [0.29, 0.717) is 12.8 Å². The summed E-state index contributed by atoms with van der Waals surface area (Å²) in [7, 11) is 0. The number of Topliss-reactive ketones (excluding diaryl/α,β-unsaturated/α-hetero) is 3. The maximum absolute atomic E-state index is 14.6. The molecule has 2 fully saturated rings. The van der Waals surface area contributed by atoms with Crippen molar-refractivity contribution < 1.29 is 34.7 Å². The Labute approximate surface area is 207 Å². The fourth-order valence-corrected chi connectivity index (χ4v) is 6.78. The molecule has 7 heteroatoms. The summed E-state index contributed by atoms with van der Waals surface area (Å²) >= 11 is 0. The summed E-state index contributed by atoms with van der Waals surface area (Å²) in [5, 5.41) is 32.8. The van der Waals surface area contributed by atoms with Gasteiger partial charge in [-0.15, -0.1) is 0 Å². The van der Waals surface area contributed by atoms with E-state index in [4.69, 9.17) is 4.89 Å². The predicted molar refractivity (Wildman–Crippen MR) is 132 cm³/mol. The summed E-state index contributed by atoms with van der Waals surface area (Å²) in [5.41, 5.74) is -4.16. The molecule has 0 aromatic carbocycles. The molecule has 5 atom stereocenters. The van der Waals surface area contributed by atoms with Crippen LogP contribution in [-0.2, 0) is 19.3 Å². The zero-order valence-electron chi connectivity index (χ0n) is 22.0. The molecule has 0 amide bonds. The van der Waals surface area contributed by atoms with Crippen LogP contribution in [0.25, 0.3) is 0 Å². The van der Waals surface area contributed by atoms with Gasteiger partial charge in [-0.25, -0.2) is 4.89 Å². The maximum atomic E-state index is 14.6. The van der Waals surface area contributed by atoms with Crippen molar-refractivity contribution >= 4 is 17.3 Å². The average Bonchev–Trinajstić information content (AvgIpc) is 3.07. The minimum Gasteiger partial charge on any atom is -0.510 e. The SMILES string of the molecule is CC(=O)C1=C(O)[C@@]2(C[C@H]3[C@@H](CC[C@@]3(C)O)[C@](C)(OO)C2)C(=O)C(CC=C(C)C)(CC=C(C)C)C1=O. The fourth-order valence-electron chi connectivity index (χ4n) is 6.78. The van der Waals surface area contributed by atoms with Gasteiger partial charge in [0, 0.05) is 0 Å². The van der Waals surface area contributed by atoms with Crippen LogP contribution in [-0.4, -0.2) is 44.0 Å². The molecule has 0 saturated heterocycles. The second-order valence-corrected chi connectivity index (χ2v) is 12.0. The normalized spacial score (nSPS) is 36.3. The van der Waals surface area contributed by atoms with Gasteiger partial charge >= 0.3 is 0 Å². The molecule has 0 bridgehead atoms. The van der Waals surface area contributed by atoms with Crippen LogP contribution in [0.4, 0.5) is 0 Å². The first-order valence-electron chi connectivity index (χ1n) is 12.4. The highest BCUT2D eigenvalue weighted by atomic mass is 17.1. The van der Waals surface area contributed by atoms with Crippen molar-refractivity contribution in [2.24, 2.45) is 22.7 Å². The minimum atomic E-state index is -1.65. The van der Waals surface area contributed by atoms with E-state index in [9.17, 15) is 29.9 Å². The first-order chi connectivity index (χ1) is 16.1. The van der Waals surface area contributed by atoms with Crippen LogP contribution < -0.4 is 0 Å². The van der Waals surface area contributed by atoms with Gasteiger partial charge in [0.1, 0.15) is 16.8 Å². The third-order valence-corrected chi connectivity index (χ3v) is 8.75. The number of carbonyl (C=O) groups excluding carboxylic acids is 3. The Kier molecular flexibility index (Phi) is 7.14. The standard InChI is InChI=1S/C28H40O7/c1-16(2)8-12-27(13-9-17(3)4)22(30)21(18(5)29)23(31)28(24(27)32)14-20-19(10-11-25(20,6)33)26(7,15-28)35-34/h8-9,19-20,31,33-34H,10-15H2,1-7H3/t19-,20+,25-,26-,28+/m1/s1. The topological polar surface area (TPSA) is 121 Å². The molecule has 0 aliphatic heterocycles. The summed E-state index contributed by atoms with van der Waals surface area (Å²) in [4.78, 5) is 46.3. The van der Waals surface area contributed by atoms with Gasteiger partial charge in [-0.3, -0.25) is 19.6 Å². The molecule has 1 spiro atoms. The number of ketones is 3. The van der Waals surface area contributed by atoms with Crippen molar-refractivity contribution in [3.05, 3.63) is 34.6 Å². The van der Waals surface area contributed by atoms with E-state index < -0.39 is 51.1 Å². The molecule has 3 rings (SSSR count). The highest BCUT2D eigenvalue weighted by molar-refractivity contribution is 6.30. The Balaban J connectivity index is 2.35. The molecule has 3 aliphatic rings. The van der Waals surface area contributed by atoms with E-state index in [1.54, 1.807) is 13.8 Å². The Hall–Kier alpha value is -2.09. The van der Waals surface area contributed by atoms with Gasteiger partial charge in [-0.2, -0.15) is 0 Å². The van der Waals surface area contributed by atoms with Crippen LogP contribution in [0.15, 0.2) is 34.6 Å². The second-order valence-electron chi connectivity index (χ2n) is 12.0. The number of carbonyl (C=O) groups is 3. The van der Waals surface area contributed by atoms with Crippen molar-refractivity contribution in [3.63, 3.8) is 0 Å². The predicted octanol–water partition coefficient (Wildman–Crippen LogP) is 5.04. The Morgan fingerprint density at radius 1 is 1.03 bits per heavy atom. The molecule has 3 aliphatic carbocycles. The number of hydrogen-bond acceptors (Lipinski definition) is 7. The van der Waals surface area contributed by atoms with Crippen molar-refractivity contribution in [2.75, 3.05) is 0 Å². The molecule has 194 valence electrons. The molecular formula is C28H40O7. The monoisotopic (exact) mass is 488 g/mol. The van der Waals surface area contributed by atoms with Gasteiger partial charge in [-0.05, 0) is 98.8 Å². The van der Waals surface area contributed by atoms with E-state index in [2.05, 4.69) is 0 Å². The Morgan fingerprint density at radius 2 is 1.57 bits per heavy atom. The molecule has 0 unspecified atom stereocenters. The Morgan fingerprint density at radius 3 is 2.03 bits per heavy atom. The number of allylic oxidation sites excluding steroid dienone is 6. The number of aliphatic hydroxyl groups is 2. The maximum Gasteiger partial charge on any atom is 0.184 e. The van der Waals surface area contributed by atoms with E-state index in [1.807, 2.05) is 39.8 Å². The van der Waals surface area contributed by atoms with Crippen molar-refractivity contribution in [3.8, 4) is 0 Å². The number of fused-ring (bicyclic) bond motifs is 1. The highest BCUT2D eigenvalue weighted by Gasteiger charge is 2.69. The van der Waals surface area contributed by atoms with E-state index in [0.717, 1.165) is 11.1 Å². The molecule has 35 heavy (non-hydrogen) atoms. The smallest absolute Gasteiger partial charge is 0.184 e. The number of rotatable bonds is 6. The summed E-state index contributed by atoms with van der Waals surface area (Å²) in [6.45, 7) is 12.1. The van der Waals surface area contributed by atoms with E-state index in [-0.39, 0.29) is 37.2 Å². The van der Waals surface area contributed by atoms with Crippen LogP contribution in [0.1, 0.15) is 87.0 Å². The van der Waals surface area contributed by atoms with Crippen molar-refractivity contribution in [1.29, 1.82) is 0 Å². The number of hydrogen-bond donors (Lipinski definition) is 3. The molecule has 3 N–H and O–H groups in total. The van der Waals surface area contributed by atoms with Gasteiger partial charge in [0.2, 0.25) is 0 Å². The van der Waals surface area contributed by atoms with Gasteiger partial charge < -0.3 is 10.2 Å². The van der Waals surface area contributed by atoms with Crippen molar-refractivity contribution in [1.82, 2.24) is 0 Å². The molecule has 7 nitrogen and oxygen atoms in total. The van der Waals surface area contributed by atoms with Crippen molar-refractivity contribution in [2.45, 2.75) is 98.2 Å². The molecule has 0 radical (unpaired) electrons. The number of aliphatic hydroxyl groups excluding tert-OH is 1. The van der Waals surface area contributed by atoms with Gasteiger partial charge in [-0.1, -0.05) is 23.3 Å². The van der Waals surface area contributed by atoms with Crippen LogP contribution in [0.3, 0.4) is 0 Å². The van der Waals surface area contributed by atoms with Crippen LogP contribution in [0, 0.1) is 22.7 Å². The molecule has 0 heterocycles. The molecule has 0 aromatic rings. The average molecular weight is 489 g/mol. The zero-order chi connectivity index (χ0) is 26.6.